The van der Waals surface area contributed by atoms with Crippen LogP contribution in [0.2, 0.25) is 0 Å². The summed E-state index contributed by atoms with van der Waals surface area (Å²) in [5, 5.41) is 1.85. The van der Waals surface area contributed by atoms with E-state index in [9.17, 15) is 9.59 Å². The van der Waals surface area contributed by atoms with Gasteiger partial charge < -0.3 is 9.47 Å². The number of hydrogen-bond donors (Lipinski definition) is 0. The molecule has 0 aliphatic heterocycles. The third kappa shape index (κ3) is 8.24. The molecule has 0 N–H and O–H groups in total. The van der Waals surface area contributed by atoms with Crippen molar-refractivity contribution in [1.82, 2.24) is 9.80 Å². The minimum absolute atomic E-state index is 0.211. The molecule has 6 nitrogen and oxygen atoms in total. The number of carbonyl (C=O) groups is 2. The standard InChI is InChI=1S/C26H38N2O4/c1-5-13-27(14-6-2)19-25(29)31-23-17-21-11-9-10-12-22(21)18-24(23)32-26(30)20-28(15-7-3)16-8-4/h9-12,17-18H,5-8,13-16,19-20H2,1-4H3. The summed E-state index contributed by atoms with van der Waals surface area (Å²) in [6.45, 7) is 12.2. The lowest BCUT2D eigenvalue weighted by molar-refractivity contribution is -0.138. The van der Waals surface area contributed by atoms with Gasteiger partial charge in [-0.2, -0.15) is 0 Å². The van der Waals surface area contributed by atoms with Crippen LogP contribution >= 0.6 is 0 Å². The summed E-state index contributed by atoms with van der Waals surface area (Å²) in [5.74, 6) is -0.129. The van der Waals surface area contributed by atoms with Gasteiger partial charge in [0, 0.05) is 0 Å². The molecule has 2 aromatic carbocycles. The van der Waals surface area contributed by atoms with Gasteiger partial charge in [0.15, 0.2) is 11.5 Å². The number of hydrogen-bond acceptors (Lipinski definition) is 6. The molecule has 0 amide bonds. The van der Waals surface area contributed by atoms with Crippen molar-refractivity contribution in [2.45, 2.75) is 53.4 Å². The zero-order valence-corrected chi connectivity index (χ0v) is 20.1. The Morgan fingerprint density at radius 2 is 1.00 bits per heavy atom. The highest BCUT2D eigenvalue weighted by atomic mass is 16.6. The normalized spacial score (nSPS) is 11.3. The molecule has 0 unspecified atom stereocenters. The summed E-state index contributed by atoms with van der Waals surface area (Å²) in [7, 11) is 0. The van der Waals surface area contributed by atoms with Gasteiger partial charge >= 0.3 is 11.9 Å². The predicted molar refractivity (Wildman–Crippen MR) is 129 cm³/mol. The fourth-order valence-electron chi connectivity index (χ4n) is 3.84. The summed E-state index contributed by atoms with van der Waals surface area (Å²) in [6, 6.07) is 11.3. The topological polar surface area (TPSA) is 59.1 Å². The minimum atomic E-state index is -0.349. The number of benzene rings is 2. The van der Waals surface area contributed by atoms with Crippen molar-refractivity contribution >= 4 is 22.7 Å². The largest absolute Gasteiger partial charge is 0.422 e. The van der Waals surface area contributed by atoms with E-state index in [0.29, 0.717) is 0 Å². The van der Waals surface area contributed by atoms with E-state index in [1.807, 2.05) is 24.3 Å². The Morgan fingerprint density at radius 3 is 1.31 bits per heavy atom. The molecule has 0 bridgehead atoms. The van der Waals surface area contributed by atoms with Crippen LogP contribution < -0.4 is 9.47 Å². The van der Waals surface area contributed by atoms with E-state index in [-0.39, 0.29) is 36.5 Å². The zero-order valence-electron chi connectivity index (χ0n) is 20.1. The minimum Gasteiger partial charge on any atom is -0.422 e. The van der Waals surface area contributed by atoms with Crippen molar-refractivity contribution in [3.05, 3.63) is 36.4 Å². The second-order valence-electron chi connectivity index (χ2n) is 8.15. The average Bonchev–Trinajstić information content (AvgIpc) is 2.74. The first-order valence-corrected chi connectivity index (χ1v) is 11.9. The molecule has 0 spiro atoms. The molecular weight excluding hydrogens is 404 g/mol. The van der Waals surface area contributed by atoms with Gasteiger partial charge in [0.2, 0.25) is 0 Å². The average molecular weight is 443 g/mol. The molecule has 0 aromatic heterocycles. The molecule has 0 aliphatic rings. The Morgan fingerprint density at radius 1 is 0.656 bits per heavy atom. The van der Waals surface area contributed by atoms with Crippen LogP contribution in [-0.2, 0) is 9.59 Å². The number of carbonyl (C=O) groups excluding carboxylic acids is 2. The molecule has 32 heavy (non-hydrogen) atoms. The lowest BCUT2D eigenvalue weighted by Crippen LogP contribution is -2.34. The van der Waals surface area contributed by atoms with Gasteiger partial charge in [0.1, 0.15) is 0 Å². The van der Waals surface area contributed by atoms with Crippen molar-refractivity contribution in [3.8, 4) is 11.5 Å². The first-order valence-electron chi connectivity index (χ1n) is 11.9. The monoisotopic (exact) mass is 442 g/mol. The van der Waals surface area contributed by atoms with E-state index >= 15 is 0 Å². The number of esters is 2. The van der Waals surface area contributed by atoms with Crippen LogP contribution in [0, 0.1) is 0 Å². The van der Waals surface area contributed by atoms with Crippen molar-refractivity contribution in [1.29, 1.82) is 0 Å². The van der Waals surface area contributed by atoms with Gasteiger partial charge in [0.25, 0.3) is 0 Å². The van der Waals surface area contributed by atoms with Gasteiger partial charge in [-0.15, -0.1) is 0 Å². The van der Waals surface area contributed by atoms with Crippen LogP contribution in [0.25, 0.3) is 10.8 Å². The van der Waals surface area contributed by atoms with Crippen LogP contribution in [0.3, 0.4) is 0 Å². The van der Waals surface area contributed by atoms with E-state index in [0.717, 1.165) is 62.6 Å². The van der Waals surface area contributed by atoms with E-state index in [1.165, 1.54) is 0 Å². The third-order valence-corrected chi connectivity index (χ3v) is 5.12. The Labute approximate surface area is 192 Å². The van der Waals surface area contributed by atoms with Crippen LogP contribution in [-0.4, -0.2) is 61.0 Å². The Kier molecular flexibility index (Phi) is 11.2. The maximum absolute atomic E-state index is 12.7. The maximum atomic E-state index is 12.7. The first kappa shape index (κ1) is 25.8. The van der Waals surface area contributed by atoms with Gasteiger partial charge in [-0.3, -0.25) is 19.4 Å². The molecule has 2 rings (SSSR count). The van der Waals surface area contributed by atoms with Crippen LogP contribution in [0.4, 0.5) is 0 Å². The molecule has 0 atom stereocenters. The van der Waals surface area contributed by atoms with Crippen LogP contribution in [0.15, 0.2) is 36.4 Å². The Bertz CT molecular complexity index is 786. The third-order valence-electron chi connectivity index (χ3n) is 5.12. The summed E-state index contributed by atoms with van der Waals surface area (Å²) in [4.78, 5) is 29.5. The molecule has 176 valence electrons. The highest BCUT2D eigenvalue weighted by Gasteiger charge is 2.18. The fourth-order valence-corrected chi connectivity index (χ4v) is 3.84. The number of rotatable bonds is 14. The van der Waals surface area contributed by atoms with Crippen molar-refractivity contribution in [2.75, 3.05) is 39.3 Å². The molecule has 0 fully saturated rings. The van der Waals surface area contributed by atoms with Gasteiger partial charge in [0.05, 0.1) is 13.1 Å². The molecular formula is C26H38N2O4. The Balaban J connectivity index is 2.21. The second-order valence-corrected chi connectivity index (χ2v) is 8.15. The number of nitrogens with zero attached hydrogens (tertiary/aromatic N) is 2. The van der Waals surface area contributed by atoms with E-state index in [4.69, 9.17) is 9.47 Å². The molecule has 0 heterocycles. The van der Waals surface area contributed by atoms with E-state index in [2.05, 4.69) is 37.5 Å². The molecule has 0 radical (unpaired) electrons. The van der Waals surface area contributed by atoms with Crippen LogP contribution in [0.1, 0.15) is 53.4 Å². The molecule has 6 heteroatoms. The first-order chi connectivity index (χ1) is 15.5. The van der Waals surface area contributed by atoms with Crippen molar-refractivity contribution in [3.63, 3.8) is 0 Å². The number of fused-ring (bicyclic) bond motifs is 1. The van der Waals surface area contributed by atoms with Gasteiger partial charge in [-0.25, -0.2) is 0 Å². The summed E-state index contributed by atoms with van der Waals surface area (Å²) in [6.07, 6.45) is 3.88. The van der Waals surface area contributed by atoms with Crippen LogP contribution in [0.5, 0.6) is 11.5 Å². The van der Waals surface area contributed by atoms with E-state index < -0.39 is 0 Å². The highest BCUT2D eigenvalue weighted by molar-refractivity contribution is 5.88. The summed E-state index contributed by atoms with van der Waals surface area (Å²) < 4.78 is 11.4. The molecule has 0 aliphatic carbocycles. The van der Waals surface area contributed by atoms with E-state index in [1.54, 1.807) is 12.1 Å². The SMILES string of the molecule is CCCN(CCC)CC(=O)Oc1cc2ccccc2cc1OC(=O)CN(CCC)CCC. The second kappa shape index (κ2) is 13.9. The molecule has 0 saturated carbocycles. The van der Waals surface area contributed by atoms with Crippen molar-refractivity contribution < 1.29 is 19.1 Å². The highest BCUT2D eigenvalue weighted by Crippen LogP contribution is 2.33. The summed E-state index contributed by atoms with van der Waals surface area (Å²) >= 11 is 0. The van der Waals surface area contributed by atoms with Gasteiger partial charge in [-0.1, -0.05) is 52.0 Å². The quantitative estimate of drug-likeness (QED) is 0.307. The fraction of sp³-hybridized carbons (Fsp3) is 0.538. The molecule has 2 aromatic rings. The number of ether oxygens (including phenoxy) is 2. The lowest BCUT2D eigenvalue weighted by atomic mass is 10.1. The maximum Gasteiger partial charge on any atom is 0.325 e. The molecule has 0 saturated heterocycles. The lowest BCUT2D eigenvalue weighted by Gasteiger charge is -2.21. The predicted octanol–water partition coefficient (Wildman–Crippen LogP) is 4.89. The Hall–Kier alpha value is -2.44. The summed E-state index contributed by atoms with van der Waals surface area (Å²) in [5.41, 5.74) is 0. The van der Waals surface area contributed by atoms with Crippen molar-refractivity contribution in [2.24, 2.45) is 0 Å². The zero-order chi connectivity index (χ0) is 23.3. The van der Waals surface area contributed by atoms with Gasteiger partial charge in [-0.05, 0) is 74.8 Å². The smallest absolute Gasteiger partial charge is 0.325 e.